The molecule has 1 aromatic heterocycles. The van der Waals surface area contributed by atoms with Gasteiger partial charge in [0.1, 0.15) is 0 Å². The van der Waals surface area contributed by atoms with E-state index >= 15 is 0 Å². The fourth-order valence-corrected chi connectivity index (χ4v) is 0.751. The van der Waals surface area contributed by atoms with Crippen LogP contribution in [0.5, 0.6) is 0 Å². The van der Waals surface area contributed by atoms with E-state index in [2.05, 4.69) is 11.1 Å². The Labute approximate surface area is 54.1 Å². The third kappa shape index (κ3) is 1.11. The molecule has 46 valence electrons. The van der Waals surface area contributed by atoms with Gasteiger partial charge >= 0.3 is 0 Å². The summed E-state index contributed by atoms with van der Waals surface area (Å²) < 4.78 is 0. The molecule has 0 bridgehead atoms. The molecule has 1 rings (SSSR count). The van der Waals surface area contributed by atoms with Gasteiger partial charge in [-0.3, -0.25) is 0 Å². The Morgan fingerprint density at radius 2 is 2.56 bits per heavy atom. The van der Waals surface area contributed by atoms with Gasteiger partial charge in [-0.25, -0.2) is 0 Å². The molecule has 0 amide bonds. The average Bonchev–Trinajstić information content (AvgIpc) is 2.18. The fraction of sp³-hybridized carbons (Fsp3) is 0.286. The van der Waals surface area contributed by atoms with Crippen LogP contribution in [0.4, 0.5) is 0 Å². The van der Waals surface area contributed by atoms with Crippen LogP contribution in [0.1, 0.15) is 11.3 Å². The third-order valence-electron chi connectivity index (χ3n) is 1.32. The molecule has 0 radical (unpaired) electrons. The Hall–Kier alpha value is -1.23. The number of rotatable bonds is 1. The van der Waals surface area contributed by atoms with E-state index in [4.69, 9.17) is 5.26 Å². The van der Waals surface area contributed by atoms with Gasteiger partial charge in [-0.2, -0.15) is 5.26 Å². The molecule has 0 aliphatic carbocycles. The van der Waals surface area contributed by atoms with Crippen LogP contribution in [0.2, 0.25) is 0 Å². The van der Waals surface area contributed by atoms with E-state index in [0.29, 0.717) is 6.42 Å². The van der Waals surface area contributed by atoms with Gasteiger partial charge in [-0.15, -0.1) is 0 Å². The first-order chi connectivity index (χ1) is 4.34. The number of aromatic amines is 1. The minimum atomic E-state index is 0.485. The minimum Gasteiger partial charge on any atom is -0.364 e. The highest BCUT2D eigenvalue weighted by Crippen LogP contribution is 2.03. The Bertz CT molecular complexity index is 229. The second-order valence-electron chi connectivity index (χ2n) is 1.97. The predicted molar refractivity (Wildman–Crippen MR) is 34.8 cm³/mol. The van der Waals surface area contributed by atoms with Crippen LogP contribution in [0, 0.1) is 18.3 Å². The lowest BCUT2D eigenvalue weighted by atomic mass is 10.2. The number of aromatic nitrogens is 1. The average molecular weight is 120 g/mol. The number of aryl methyl sites for hydroxylation is 1. The first-order valence-electron chi connectivity index (χ1n) is 2.84. The summed E-state index contributed by atoms with van der Waals surface area (Å²) in [6.07, 6.45) is 2.33. The van der Waals surface area contributed by atoms with E-state index in [1.54, 1.807) is 0 Å². The highest BCUT2D eigenvalue weighted by atomic mass is 14.7. The van der Waals surface area contributed by atoms with Crippen molar-refractivity contribution in [1.82, 2.24) is 4.98 Å². The van der Waals surface area contributed by atoms with Crippen molar-refractivity contribution in [2.45, 2.75) is 13.3 Å². The zero-order valence-electron chi connectivity index (χ0n) is 5.31. The van der Waals surface area contributed by atoms with Gasteiger partial charge in [0.2, 0.25) is 0 Å². The Kier molecular flexibility index (Phi) is 1.55. The summed E-state index contributed by atoms with van der Waals surface area (Å²) in [5.74, 6) is 0. The molecule has 0 aliphatic heterocycles. The largest absolute Gasteiger partial charge is 0.364 e. The van der Waals surface area contributed by atoms with Gasteiger partial charge in [0.15, 0.2) is 0 Å². The molecule has 0 saturated heterocycles. The van der Waals surface area contributed by atoms with Crippen LogP contribution >= 0.6 is 0 Å². The molecule has 0 unspecified atom stereocenters. The van der Waals surface area contributed by atoms with Crippen molar-refractivity contribution in [1.29, 1.82) is 5.26 Å². The van der Waals surface area contributed by atoms with Gasteiger partial charge in [0.25, 0.3) is 0 Å². The van der Waals surface area contributed by atoms with Crippen LogP contribution in [-0.4, -0.2) is 4.98 Å². The summed E-state index contributed by atoms with van der Waals surface area (Å²) in [4.78, 5) is 2.98. The van der Waals surface area contributed by atoms with Crippen LogP contribution < -0.4 is 0 Å². The number of nitrogens with zero attached hydrogens (tertiary/aromatic N) is 1. The zero-order chi connectivity index (χ0) is 6.69. The zero-order valence-corrected chi connectivity index (χ0v) is 5.31. The molecule has 1 heterocycles. The second kappa shape index (κ2) is 2.36. The standard InChI is InChI=1S/C7H8N2/c1-6-3-5-9-7(6)2-4-8/h3,5,9H,2H2,1H3. The first-order valence-corrected chi connectivity index (χ1v) is 2.84. The maximum absolute atomic E-state index is 8.29. The van der Waals surface area contributed by atoms with Crippen molar-refractivity contribution in [2.24, 2.45) is 0 Å². The maximum atomic E-state index is 8.29. The molecule has 0 aliphatic rings. The van der Waals surface area contributed by atoms with Crippen LogP contribution in [0.3, 0.4) is 0 Å². The van der Waals surface area contributed by atoms with E-state index in [9.17, 15) is 0 Å². The summed E-state index contributed by atoms with van der Waals surface area (Å²) in [5.41, 5.74) is 2.19. The SMILES string of the molecule is Cc1cc[nH]c1CC#N. The molecule has 2 nitrogen and oxygen atoms in total. The highest BCUT2D eigenvalue weighted by Gasteiger charge is 1.94. The van der Waals surface area contributed by atoms with Crippen LogP contribution in [-0.2, 0) is 6.42 Å². The number of nitriles is 1. The van der Waals surface area contributed by atoms with Gasteiger partial charge in [-0.05, 0) is 18.6 Å². The quantitative estimate of drug-likeness (QED) is 0.597. The van der Waals surface area contributed by atoms with E-state index in [1.807, 2.05) is 19.2 Å². The van der Waals surface area contributed by atoms with Gasteiger partial charge < -0.3 is 4.98 Å². The van der Waals surface area contributed by atoms with Gasteiger partial charge in [0, 0.05) is 11.9 Å². The number of hydrogen-bond acceptors (Lipinski definition) is 1. The monoisotopic (exact) mass is 120 g/mol. The number of H-pyrrole nitrogens is 1. The molecule has 1 N–H and O–H groups in total. The van der Waals surface area contributed by atoms with Crippen molar-refractivity contribution < 1.29 is 0 Å². The minimum absolute atomic E-state index is 0.485. The molecule has 1 aromatic rings. The first kappa shape index (κ1) is 5.90. The van der Waals surface area contributed by atoms with Crippen LogP contribution in [0.25, 0.3) is 0 Å². The number of hydrogen-bond donors (Lipinski definition) is 1. The summed E-state index contributed by atoms with van der Waals surface area (Å²) in [6.45, 7) is 1.99. The van der Waals surface area contributed by atoms with Gasteiger partial charge in [0.05, 0.1) is 12.5 Å². The molecule has 0 saturated carbocycles. The van der Waals surface area contributed by atoms with Crippen molar-refractivity contribution in [3.8, 4) is 6.07 Å². The van der Waals surface area contributed by atoms with Crippen LogP contribution in [0.15, 0.2) is 12.3 Å². The van der Waals surface area contributed by atoms with E-state index < -0.39 is 0 Å². The molecule has 9 heavy (non-hydrogen) atoms. The van der Waals surface area contributed by atoms with Crippen molar-refractivity contribution in [3.05, 3.63) is 23.5 Å². The van der Waals surface area contributed by atoms with E-state index in [1.165, 1.54) is 0 Å². The lowest BCUT2D eigenvalue weighted by molar-refractivity contribution is 1.13. The highest BCUT2D eigenvalue weighted by molar-refractivity contribution is 5.20. The smallest absolute Gasteiger partial charge is 0.0755 e. The molecule has 0 atom stereocenters. The molecular weight excluding hydrogens is 112 g/mol. The molecule has 0 fully saturated rings. The summed E-state index contributed by atoms with van der Waals surface area (Å²) in [7, 11) is 0. The molecule has 2 heteroatoms. The van der Waals surface area contributed by atoms with Crippen molar-refractivity contribution >= 4 is 0 Å². The Morgan fingerprint density at radius 1 is 1.78 bits per heavy atom. The molecular formula is C7H8N2. The summed E-state index contributed by atoms with van der Waals surface area (Å²) in [6, 6.07) is 4.04. The summed E-state index contributed by atoms with van der Waals surface area (Å²) >= 11 is 0. The normalized spacial score (nSPS) is 8.89. The van der Waals surface area contributed by atoms with Crippen molar-refractivity contribution in [3.63, 3.8) is 0 Å². The van der Waals surface area contributed by atoms with Crippen molar-refractivity contribution in [2.75, 3.05) is 0 Å². The van der Waals surface area contributed by atoms with E-state index in [-0.39, 0.29) is 0 Å². The number of nitrogens with one attached hydrogen (secondary N) is 1. The molecule has 0 aromatic carbocycles. The van der Waals surface area contributed by atoms with E-state index in [0.717, 1.165) is 11.3 Å². The predicted octanol–water partition coefficient (Wildman–Crippen LogP) is 1.39. The Morgan fingerprint density at radius 3 is 3.00 bits per heavy atom. The third-order valence-corrected chi connectivity index (χ3v) is 1.32. The lowest BCUT2D eigenvalue weighted by Crippen LogP contribution is -1.82. The molecule has 0 spiro atoms. The Balaban J connectivity index is 2.84. The lowest BCUT2D eigenvalue weighted by Gasteiger charge is -1.87. The topological polar surface area (TPSA) is 39.6 Å². The maximum Gasteiger partial charge on any atom is 0.0755 e. The fourth-order valence-electron chi connectivity index (χ4n) is 0.751. The summed E-state index contributed by atoms with van der Waals surface area (Å²) in [5, 5.41) is 8.29. The second-order valence-corrected chi connectivity index (χ2v) is 1.97. The van der Waals surface area contributed by atoms with Gasteiger partial charge in [-0.1, -0.05) is 0 Å².